The van der Waals surface area contributed by atoms with E-state index in [1.54, 1.807) is 13.3 Å². The monoisotopic (exact) mass is 381 g/mol. The topological polar surface area (TPSA) is 59.0 Å². The molecule has 0 radical (unpaired) electrons. The van der Waals surface area contributed by atoms with Crippen LogP contribution >= 0.6 is 23.9 Å². The van der Waals surface area contributed by atoms with Crippen LogP contribution in [0, 0.1) is 6.92 Å². The summed E-state index contributed by atoms with van der Waals surface area (Å²) in [7, 11) is 3.53. The SMILES string of the molecule is C=C(/N=C(\c1cc(C)cn1C)N(C)N)N1CC(F)(F)C1.CSOCl. The zero-order valence-corrected chi connectivity index (χ0v) is 15.7. The molecule has 2 N–H and O–H groups in total. The first kappa shape index (κ1) is 20.8. The maximum absolute atomic E-state index is 12.9. The number of hydrogen-bond acceptors (Lipinski definition) is 5. The normalized spacial score (nSPS) is 16.2. The van der Waals surface area contributed by atoms with E-state index in [-0.39, 0.29) is 13.1 Å². The lowest BCUT2D eigenvalue weighted by Crippen LogP contribution is -2.55. The Labute approximate surface area is 150 Å². The van der Waals surface area contributed by atoms with E-state index in [0.717, 1.165) is 23.3 Å². The number of nitrogens with zero attached hydrogens (tertiary/aromatic N) is 4. The number of hydrazine groups is 1. The molecule has 0 unspecified atom stereocenters. The van der Waals surface area contributed by atoms with Crippen LogP contribution in [0.2, 0.25) is 0 Å². The molecule has 0 aliphatic carbocycles. The van der Waals surface area contributed by atoms with Gasteiger partial charge < -0.3 is 9.47 Å². The van der Waals surface area contributed by atoms with Gasteiger partial charge in [-0.15, -0.1) is 0 Å². The molecule has 2 heterocycles. The highest BCUT2D eigenvalue weighted by atomic mass is 35.5. The number of halogens is 3. The minimum atomic E-state index is -2.64. The van der Waals surface area contributed by atoms with Crippen molar-refractivity contribution in [1.29, 1.82) is 0 Å². The van der Waals surface area contributed by atoms with Crippen molar-refractivity contribution in [2.24, 2.45) is 17.9 Å². The molecule has 24 heavy (non-hydrogen) atoms. The largest absolute Gasteiger partial charge is 0.348 e. The summed E-state index contributed by atoms with van der Waals surface area (Å²) < 4.78 is 31.5. The highest BCUT2D eigenvalue weighted by Crippen LogP contribution is 2.29. The van der Waals surface area contributed by atoms with Crippen LogP contribution in [0.15, 0.2) is 29.7 Å². The first-order chi connectivity index (χ1) is 11.1. The van der Waals surface area contributed by atoms with Crippen molar-refractivity contribution >= 4 is 29.7 Å². The molecule has 0 amide bonds. The summed E-state index contributed by atoms with van der Waals surface area (Å²) in [5.74, 6) is 3.93. The lowest BCUT2D eigenvalue weighted by Gasteiger charge is -2.40. The minimum absolute atomic E-state index is 0.294. The second-order valence-corrected chi connectivity index (χ2v) is 6.26. The van der Waals surface area contributed by atoms with E-state index in [1.165, 1.54) is 9.91 Å². The summed E-state index contributed by atoms with van der Waals surface area (Å²) in [6, 6.07) is 1.93. The van der Waals surface area contributed by atoms with E-state index in [1.807, 2.05) is 30.8 Å². The molecule has 1 aromatic rings. The molecule has 0 bridgehead atoms. The van der Waals surface area contributed by atoms with Crippen LogP contribution < -0.4 is 5.84 Å². The molecular formula is C14H22ClF2N5OS. The van der Waals surface area contributed by atoms with Crippen LogP contribution in [0.5, 0.6) is 0 Å². The van der Waals surface area contributed by atoms with Gasteiger partial charge in [-0.1, -0.05) is 6.58 Å². The van der Waals surface area contributed by atoms with Crippen molar-refractivity contribution in [2.75, 3.05) is 26.4 Å². The standard InChI is InChI=1S/C13H19F2N5.CH3ClOS/c1-9-5-11(18(3)6-9)12(19(4)16)17-10(2)20-7-13(14,15)8-20;1-4-3-2/h5-6H,2,7-8,16H2,1,3-4H3;1H3/b17-12+;. The minimum Gasteiger partial charge on any atom is -0.348 e. The number of hydrogen-bond donors (Lipinski definition) is 1. The molecule has 0 spiro atoms. The number of rotatable bonds is 4. The summed E-state index contributed by atoms with van der Waals surface area (Å²) in [5, 5.41) is 1.36. The Morgan fingerprint density at radius 3 is 2.42 bits per heavy atom. The van der Waals surface area contributed by atoms with Gasteiger partial charge in [0.15, 0.2) is 5.84 Å². The van der Waals surface area contributed by atoms with Gasteiger partial charge in [0, 0.05) is 38.6 Å². The van der Waals surface area contributed by atoms with Gasteiger partial charge in [0.2, 0.25) is 0 Å². The van der Waals surface area contributed by atoms with Gasteiger partial charge in [0.25, 0.3) is 5.92 Å². The third-order valence-corrected chi connectivity index (χ3v) is 3.72. The first-order valence-corrected chi connectivity index (χ1v) is 8.40. The summed E-state index contributed by atoms with van der Waals surface area (Å²) in [4.78, 5) is 5.73. The molecule has 1 aliphatic rings. The Balaban J connectivity index is 0.000000648. The maximum atomic E-state index is 12.9. The molecule has 1 saturated heterocycles. The van der Waals surface area contributed by atoms with Crippen LogP contribution in [-0.4, -0.2) is 52.6 Å². The molecule has 10 heteroatoms. The molecule has 0 saturated carbocycles. The summed E-state index contributed by atoms with van der Waals surface area (Å²) >= 11 is 5.77. The predicted molar refractivity (Wildman–Crippen MR) is 94.8 cm³/mol. The molecule has 136 valence electrons. The highest BCUT2D eigenvalue weighted by molar-refractivity contribution is 7.94. The number of alkyl halides is 2. The highest BCUT2D eigenvalue weighted by Gasteiger charge is 2.44. The van der Waals surface area contributed by atoms with Crippen LogP contribution in [0.25, 0.3) is 0 Å². The summed E-state index contributed by atoms with van der Waals surface area (Å²) in [6.45, 7) is 5.01. The van der Waals surface area contributed by atoms with Gasteiger partial charge in [-0.25, -0.2) is 23.4 Å². The second kappa shape index (κ2) is 8.70. The number of likely N-dealkylation sites (tertiary alicyclic amines) is 1. The zero-order valence-electron chi connectivity index (χ0n) is 14.1. The fourth-order valence-corrected chi connectivity index (χ4v) is 2.16. The summed E-state index contributed by atoms with van der Waals surface area (Å²) in [6.07, 6.45) is 3.68. The zero-order chi connectivity index (χ0) is 18.5. The van der Waals surface area contributed by atoms with Crippen molar-refractivity contribution in [2.45, 2.75) is 12.8 Å². The van der Waals surface area contributed by atoms with Crippen molar-refractivity contribution < 1.29 is 12.5 Å². The fourth-order valence-electron chi connectivity index (χ4n) is 2.16. The molecule has 1 aliphatic heterocycles. The fraction of sp³-hybridized carbons (Fsp3) is 0.500. The predicted octanol–water partition coefficient (Wildman–Crippen LogP) is 2.74. The van der Waals surface area contributed by atoms with Crippen LogP contribution in [0.4, 0.5) is 8.78 Å². The van der Waals surface area contributed by atoms with Crippen LogP contribution in [0.1, 0.15) is 11.3 Å². The number of aliphatic imine (C=N–C) groups is 1. The van der Waals surface area contributed by atoms with Gasteiger partial charge in [-0.05, 0) is 18.6 Å². The average Bonchev–Trinajstić information content (AvgIpc) is 2.80. The number of amidine groups is 1. The lowest BCUT2D eigenvalue weighted by molar-refractivity contribution is -0.116. The van der Waals surface area contributed by atoms with E-state index in [2.05, 4.69) is 27.2 Å². The molecule has 2 rings (SSSR count). The van der Waals surface area contributed by atoms with Gasteiger partial charge in [-0.2, -0.15) is 0 Å². The molecule has 0 atom stereocenters. The van der Waals surface area contributed by atoms with Crippen molar-refractivity contribution in [3.63, 3.8) is 0 Å². The van der Waals surface area contributed by atoms with E-state index in [0.29, 0.717) is 11.7 Å². The Morgan fingerprint density at radius 2 is 2.08 bits per heavy atom. The van der Waals surface area contributed by atoms with E-state index < -0.39 is 5.92 Å². The molecule has 1 fully saturated rings. The van der Waals surface area contributed by atoms with Crippen LogP contribution in [-0.2, 0) is 10.8 Å². The molecular weight excluding hydrogens is 360 g/mol. The summed E-state index contributed by atoms with van der Waals surface area (Å²) in [5.41, 5.74) is 1.87. The van der Waals surface area contributed by atoms with Gasteiger partial charge >= 0.3 is 0 Å². The molecule has 0 aromatic carbocycles. The van der Waals surface area contributed by atoms with E-state index in [4.69, 9.17) is 5.84 Å². The van der Waals surface area contributed by atoms with Gasteiger partial charge in [-0.3, -0.25) is 5.01 Å². The Morgan fingerprint density at radius 1 is 1.54 bits per heavy atom. The van der Waals surface area contributed by atoms with Gasteiger partial charge in [0.05, 0.1) is 30.6 Å². The number of nitrogens with two attached hydrogens (primary N) is 1. The van der Waals surface area contributed by atoms with E-state index in [9.17, 15) is 8.78 Å². The third kappa shape index (κ3) is 5.66. The Kier molecular flexibility index (Phi) is 7.53. The first-order valence-electron chi connectivity index (χ1n) is 6.95. The smallest absolute Gasteiger partial charge is 0.282 e. The number of aromatic nitrogens is 1. The van der Waals surface area contributed by atoms with Crippen molar-refractivity contribution in [1.82, 2.24) is 14.5 Å². The second-order valence-electron chi connectivity index (χ2n) is 5.42. The van der Waals surface area contributed by atoms with Gasteiger partial charge in [0.1, 0.15) is 5.82 Å². The maximum Gasteiger partial charge on any atom is 0.282 e. The Bertz CT molecular complexity index is 596. The Hall–Kier alpha value is -1.29. The van der Waals surface area contributed by atoms with E-state index >= 15 is 0 Å². The van der Waals surface area contributed by atoms with Crippen molar-refractivity contribution in [3.05, 3.63) is 35.9 Å². The lowest BCUT2D eigenvalue weighted by atomic mass is 10.1. The molecule has 6 nitrogen and oxygen atoms in total. The third-order valence-electron chi connectivity index (χ3n) is 3.21. The average molecular weight is 382 g/mol. The molecule has 1 aromatic heterocycles. The van der Waals surface area contributed by atoms with Crippen molar-refractivity contribution in [3.8, 4) is 0 Å². The number of aryl methyl sites for hydroxylation is 2. The quantitative estimate of drug-likeness (QED) is 0.286. The van der Waals surface area contributed by atoms with Crippen LogP contribution in [0.3, 0.4) is 0 Å².